The Morgan fingerprint density at radius 1 is 1.19 bits per heavy atom. The monoisotopic (exact) mass is 301 g/mol. The maximum absolute atomic E-state index is 5.17. The SMILES string of the molecule is CNc1nnc(-c2cnn(-c3ccc(OC)cc3)c2C)s1. The van der Waals surface area contributed by atoms with Crippen LogP contribution in [-0.4, -0.2) is 34.1 Å². The van der Waals surface area contributed by atoms with Gasteiger partial charge < -0.3 is 10.1 Å². The predicted molar refractivity (Wildman–Crippen MR) is 83.3 cm³/mol. The lowest BCUT2D eigenvalue weighted by atomic mass is 10.2. The van der Waals surface area contributed by atoms with Gasteiger partial charge >= 0.3 is 0 Å². The summed E-state index contributed by atoms with van der Waals surface area (Å²) >= 11 is 1.51. The molecule has 0 spiro atoms. The van der Waals surface area contributed by atoms with Crippen LogP contribution in [0.4, 0.5) is 5.13 Å². The Hall–Kier alpha value is -2.41. The van der Waals surface area contributed by atoms with Crippen molar-refractivity contribution in [1.82, 2.24) is 20.0 Å². The molecule has 0 aliphatic carbocycles. The Morgan fingerprint density at radius 2 is 1.95 bits per heavy atom. The molecule has 7 heteroatoms. The summed E-state index contributed by atoms with van der Waals surface area (Å²) in [6, 6.07) is 7.78. The molecule has 6 nitrogen and oxygen atoms in total. The molecular weight excluding hydrogens is 286 g/mol. The van der Waals surface area contributed by atoms with Crippen LogP contribution in [0.3, 0.4) is 0 Å². The first kappa shape index (κ1) is 13.6. The molecule has 1 aromatic carbocycles. The zero-order valence-electron chi connectivity index (χ0n) is 12.0. The van der Waals surface area contributed by atoms with Gasteiger partial charge in [-0.05, 0) is 31.2 Å². The lowest BCUT2D eigenvalue weighted by Gasteiger charge is -2.06. The zero-order valence-corrected chi connectivity index (χ0v) is 12.8. The third-order valence-corrected chi connectivity index (χ3v) is 4.17. The second kappa shape index (κ2) is 5.53. The highest BCUT2D eigenvalue weighted by Gasteiger charge is 2.14. The van der Waals surface area contributed by atoms with Crippen molar-refractivity contribution in [3.05, 3.63) is 36.2 Å². The van der Waals surface area contributed by atoms with Gasteiger partial charge in [-0.15, -0.1) is 10.2 Å². The average Bonchev–Trinajstić information content (AvgIpc) is 3.13. The maximum atomic E-state index is 5.17. The number of nitrogens with one attached hydrogen (secondary N) is 1. The molecule has 0 fully saturated rings. The summed E-state index contributed by atoms with van der Waals surface area (Å²) in [6.45, 7) is 2.02. The molecule has 2 heterocycles. The van der Waals surface area contributed by atoms with Gasteiger partial charge in [-0.1, -0.05) is 11.3 Å². The molecule has 0 atom stereocenters. The van der Waals surface area contributed by atoms with E-state index in [1.165, 1.54) is 11.3 Å². The molecule has 0 bridgehead atoms. The second-order valence-electron chi connectivity index (χ2n) is 4.42. The fraction of sp³-hybridized carbons (Fsp3) is 0.214. The summed E-state index contributed by atoms with van der Waals surface area (Å²) in [5.74, 6) is 0.826. The number of rotatable bonds is 4. The smallest absolute Gasteiger partial charge is 0.205 e. The van der Waals surface area contributed by atoms with Crippen molar-refractivity contribution >= 4 is 16.5 Å². The van der Waals surface area contributed by atoms with Crippen LogP contribution >= 0.6 is 11.3 Å². The molecule has 0 aliphatic rings. The van der Waals surface area contributed by atoms with Crippen LogP contribution in [0.15, 0.2) is 30.5 Å². The molecule has 0 unspecified atom stereocenters. The maximum Gasteiger partial charge on any atom is 0.205 e. The summed E-state index contributed by atoms with van der Waals surface area (Å²) in [4.78, 5) is 0. The lowest BCUT2D eigenvalue weighted by Crippen LogP contribution is -1.98. The van der Waals surface area contributed by atoms with Crippen LogP contribution in [0.1, 0.15) is 5.69 Å². The molecule has 108 valence electrons. The first-order valence-corrected chi connectivity index (χ1v) is 7.25. The average molecular weight is 301 g/mol. The topological polar surface area (TPSA) is 64.9 Å². The van der Waals surface area contributed by atoms with Crippen LogP contribution < -0.4 is 10.1 Å². The van der Waals surface area contributed by atoms with E-state index in [1.807, 2.05) is 49.1 Å². The van der Waals surface area contributed by atoms with Gasteiger partial charge in [0.2, 0.25) is 5.13 Å². The number of benzene rings is 1. The van der Waals surface area contributed by atoms with Crippen molar-refractivity contribution in [3.63, 3.8) is 0 Å². The van der Waals surface area contributed by atoms with Crippen LogP contribution in [-0.2, 0) is 0 Å². The van der Waals surface area contributed by atoms with E-state index in [-0.39, 0.29) is 0 Å². The molecule has 0 radical (unpaired) electrons. The summed E-state index contributed by atoms with van der Waals surface area (Å²) in [6.07, 6.45) is 1.82. The van der Waals surface area contributed by atoms with Gasteiger partial charge in [0.15, 0.2) is 5.01 Å². The molecule has 0 amide bonds. The molecule has 0 aliphatic heterocycles. The van der Waals surface area contributed by atoms with Crippen LogP contribution in [0.2, 0.25) is 0 Å². The Balaban J connectivity index is 1.97. The van der Waals surface area contributed by atoms with Crippen molar-refractivity contribution in [3.8, 4) is 22.0 Å². The van der Waals surface area contributed by atoms with Gasteiger partial charge in [0.05, 0.1) is 30.3 Å². The number of hydrogen-bond donors (Lipinski definition) is 1. The Kier molecular flexibility index (Phi) is 3.57. The minimum Gasteiger partial charge on any atom is -0.497 e. The number of hydrogen-bond acceptors (Lipinski definition) is 6. The van der Waals surface area contributed by atoms with E-state index in [0.717, 1.165) is 32.8 Å². The van der Waals surface area contributed by atoms with Gasteiger partial charge in [0.1, 0.15) is 5.75 Å². The van der Waals surface area contributed by atoms with Crippen molar-refractivity contribution < 1.29 is 4.74 Å². The second-order valence-corrected chi connectivity index (χ2v) is 5.39. The molecule has 2 aromatic heterocycles. The van der Waals surface area contributed by atoms with Crippen molar-refractivity contribution in [2.75, 3.05) is 19.5 Å². The van der Waals surface area contributed by atoms with Crippen molar-refractivity contribution in [1.29, 1.82) is 0 Å². The molecule has 0 saturated heterocycles. The fourth-order valence-electron chi connectivity index (χ4n) is 2.04. The molecule has 1 N–H and O–H groups in total. The van der Waals surface area contributed by atoms with E-state index in [0.29, 0.717) is 0 Å². The fourth-order valence-corrected chi connectivity index (χ4v) is 2.80. The first-order valence-electron chi connectivity index (χ1n) is 6.43. The predicted octanol–water partition coefficient (Wildman–Crippen LogP) is 2.75. The summed E-state index contributed by atoms with van der Waals surface area (Å²) in [7, 11) is 3.49. The molecule has 3 rings (SSSR count). The van der Waals surface area contributed by atoms with Crippen LogP contribution in [0.25, 0.3) is 16.3 Å². The normalized spacial score (nSPS) is 10.6. The first-order chi connectivity index (χ1) is 10.2. The zero-order chi connectivity index (χ0) is 14.8. The molecular formula is C14H15N5OS. The van der Waals surface area contributed by atoms with Crippen LogP contribution in [0, 0.1) is 6.92 Å². The highest BCUT2D eigenvalue weighted by Crippen LogP contribution is 2.29. The van der Waals surface area contributed by atoms with E-state index in [2.05, 4.69) is 20.6 Å². The van der Waals surface area contributed by atoms with Gasteiger partial charge in [-0.2, -0.15) is 5.10 Å². The van der Waals surface area contributed by atoms with Gasteiger partial charge in [-0.25, -0.2) is 4.68 Å². The minimum absolute atomic E-state index is 0.793. The Bertz CT molecular complexity index is 747. The lowest BCUT2D eigenvalue weighted by molar-refractivity contribution is 0.414. The molecule has 0 saturated carbocycles. The van der Waals surface area contributed by atoms with E-state index < -0.39 is 0 Å². The Labute approximate surface area is 126 Å². The standard InChI is InChI=1S/C14H15N5OS/c1-9-12(13-17-18-14(15-2)21-13)8-16-19(9)10-4-6-11(20-3)7-5-10/h4-8H,1-3H3,(H,15,18). The third kappa shape index (κ3) is 2.47. The number of nitrogens with zero attached hydrogens (tertiary/aromatic N) is 4. The van der Waals surface area contributed by atoms with E-state index in [9.17, 15) is 0 Å². The van der Waals surface area contributed by atoms with Gasteiger partial charge in [-0.3, -0.25) is 0 Å². The summed E-state index contributed by atoms with van der Waals surface area (Å²) in [5.41, 5.74) is 3.00. The quantitative estimate of drug-likeness (QED) is 0.802. The molecule has 21 heavy (non-hydrogen) atoms. The Morgan fingerprint density at radius 3 is 2.57 bits per heavy atom. The third-order valence-electron chi connectivity index (χ3n) is 3.20. The minimum atomic E-state index is 0.793. The number of anilines is 1. The van der Waals surface area contributed by atoms with E-state index in [4.69, 9.17) is 4.74 Å². The van der Waals surface area contributed by atoms with Crippen molar-refractivity contribution in [2.24, 2.45) is 0 Å². The number of aromatic nitrogens is 4. The highest BCUT2D eigenvalue weighted by atomic mass is 32.1. The van der Waals surface area contributed by atoms with Gasteiger partial charge in [0.25, 0.3) is 0 Å². The summed E-state index contributed by atoms with van der Waals surface area (Å²) in [5, 5.41) is 17.3. The molecule has 3 aromatic rings. The highest BCUT2D eigenvalue weighted by molar-refractivity contribution is 7.18. The van der Waals surface area contributed by atoms with Crippen LogP contribution in [0.5, 0.6) is 5.75 Å². The summed E-state index contributed by atoms with van der Waals surface area (Å²) < 4.78 is 7.06. The van der Waals surface area contributed by atoms with E-state index in [1.54, 1.807) is 7.11 Å². The largest absolute Gasteiger partial charge is 0.497 e. The number of ether oxygens (including phenoxy) is 1. The van der Waals surface area contributed by atoms with Crippen molar-refractivity contribution in [2.45, 2.75) is 6.92 Å². The van der Waals surface area contributed by atoms with E-state index >= 15 is 0 Å². The number of methoxy groups -OCH3 is 1. The van der Waals surface area contributed by atoms with Gasteiger partial charge in [0, 0.05) is 7.05 Å².